The van der Waals surface area contributed by atoms with Gasteiger partial charge in [0, 0.05) is 5.57 Å². The van der Waals surface area contributed by atoms with Crippen LogP contribution < -0.4 is 18.9 Å². The van der Waals surface area contributed by atoms with Crippen molar-refractivity contribution in [1.29, 1.82) is 0 Å². The molecule has 8 heteroatoms. The van der Waals surface area contributed by atoms with Crippen molar-refractivity contribution >= 4 is 17.9 Å². The van der Waals surface area contributed by atoms with Crippen LogP contribution >= 0.6 is 0 Å². The van der Waals surface area contributed by atoms with Crippen molar-refractivity contribution in [3.63, 3.8) is 0 Å². The van der Waals surface area contributed by atoms with Crippen LogP contribution in [0.4, 0.5) is 0 Å². The molecule has 0 bridgehead atoms. The molecule has 240 valence electrons. The van der Waals surface area contributed by atoms with E-state index in [9.17, 15) is 14.4 Å². The molecule has 3 rings (SSSR count). The van der Waals surface area contributed by atoms with E-state index in [1.54, 1.807) is 43.3 Å². The first-order valence-electron chi connectivity index (χ1n) is 15.6. The largest absolute Gasteiger partial charge is 0.493 e. The fraction of sp³-hybridized carbons (Fsp3) is 0.378. The average molecular weight is 617 g/mol. The number of hydrogen-bond donors (Lipinski definition) is 0. The number of ether oxygens (including phenoxy) is 5. The van der Waals surface area contributed by atoms with E-state index in [0.717, 1.165) is 12.8 Å². The van der Waals surface area contributed by atoms with Gasteiger partial charge in [-0.25, -0.2) is 14.4 Å². The molecule has 3 aromatic carbocycles. The van der Waals surface area contributed by atoms with E-state index in [0.29, 0.717) is 47.8 Å². The highest BCUT2D eigenvalue weighted by Gasteiger charge is 2.15. The SMILES string of the molecule is C=C(C)C(=O)OCCCCOc1ccc(C(=O)Oc2ccc(C(=O)Oc3ccc(CCCCCCCC)cc3)cc2)cc1OC. The minimum absolute atomic E-state index is 0.273. The van der Waals surface area contributed by atoms with Gasteiger partial charge in [0.1, 0.15) is 11.5 Å². The van der Waals surface area contributed by atoms with Gasteiger partial charge in [-0.3, -0.25) is 0 Å². The third-order valence-corrected chi connectivity index (χ3v) is 7.03. The van der Waals surface area contributed by atoms with E-state index < -0.39 is 17.9 Å². The van der Waals surface area contributed by atoms with Crippen molar-refractivity contribution in [2.24, 2.45) is 0 Å². The molecule has 0 saturated carbocycles. The highest BCUT2D eigenvalue weighted by atomic mass is 16.5. The topological polar surface area (TPSA) is 97.4 Å². The number of esters is 3. The van der Waals surface area contributed by atoms with Crippen LogP contribution in [0.2, 0.25) is 0 Å². The van der Waals surface area contributed by atoms with Gasteiger partial charge in [0.05, 0.1) is 31.5 Å². The zero-order chi connectivity index (χ0) is 32.4. The van der Waals surface area contributed by atoms with E-state index in [-0.39, 0.29) is 17.9 Å². The highest BCUT2D eigenvalue weighted by molar-refractivity contribution is 5.93. The summed E-state index contributed by atoms with van der Waals surface area (Å²) in [5.41, 5.74) is 2.20. The Bertz CT molecular complexity index is 1390. The molecule has 8 nitrogen and oxygen atoms in total. The van der Waals surface area contributed by atoms with Crippen molar-refractivity contribution in [3.8, 4) is 23.0 Å². The predicted octanol–water partition coefficient (Wildman–Crippen LogP) is 8.31. The van der Waals surface area contributed by atoms with Gasteiger partial charge in [0.25, 0.3) is 0 Å². The van der Waals surface area contributed by atoms with Gasteiger partial charge in [-0.05, 0) is 92.8 Å². The standard InChI is InChI=1S/C37H44O8/c1-5-6-7-8-9-10-13-28-14-19-31(20-15-28)44-36(39)29-16-21-32(22-17-29)45-37(40)30-18-23-33(34(26-30)41-4)42-24-11-12-25-43-35(38)27(2)3/h14-23,26H,2,5-13,24-25H2,1,3-4H3. The van der Waals surface area contributed by atoms with Gasteiger partial charge >= 0.3 is 17.9 Å². The van der Waals surface area contributed by atoms with Crippen molar-refractivity contribution in [3.05, 3.63) is 95.6 Å². The lowest BCUT2D eigenvalue weighted by Gasteiger charge is -2.12. The van der Waals surface area contributed by atoms with Crippen LogP contribution in [0.25, 0.3) is 0 Å². The molecular weight excluding hydrogens is 572 g/mol. The number of carbonyl (C=O) groups is 3. The van der Waals surface area contributed by atoms with Gasteiger partial charge in [-0.2, -0.15) is 0 Å². The summed E-state index contributed by atoms with van der Waals surface area (Å²) in [5, 5.41) is 0. The Balaban J connectivity index is 1.44. The minimum Gasteiger partial charge on any atom is -0.493 e. The Morgan fingerprint density at radius 2 is 1.24 bits per heavy atom. The Morgan fingerprint density at radius 3 is 1.89 bits per heavy atom. The summed E-state index contributed by atoms with van der Waals surface area (Å²) >= 11 is 0. The molecule has 0 amide bonds. The fourth-order valence-corrected chi connectivity index (χ4v) is 4.41. The van der Waals surface area contributed by atoms with E-state index in [1.165, 1.54) is 50.8 Å². The van der Waals surface area contributed by atoms with Crippen LogP contribution in [-0.2, 0) is 16.0 Å². The first kappa shape index (κ1) is 34.9. The molecule has 0 saturated heterocycles. The lowest BCUT2D eigenvalue weighted by molar-refractivity contribution is -0.139. The predicted molar refractivity (Wildman–Crippen MR) is 173 cm³/mol. The molecule has 0 aliphatic carbocycles. The Morgan fingerprint density at radius 1 is 0.667 bits per heavy atom. The molecule has 0 aliphatic heterocycles. The number of hydrogen-bond acceptors (Lipinski definition) is 8. The quantitative estimate of drug-likeness (QED) is 0.0574. The van der Waals surface area contributed by atoms with Crippen molar-refractivity contribution < 1.29 is 38.1 Å². The number of aryl methyl sites for hydroxylation is 1. The molecule has 0 N–H and O–H groups in total. The van der Waals surface area contributed by atoms with E-state index in [4.69, 9.17) is 23.7 Å². The summed E-state index contributed by atoms with van der Waals surface area (Å²) in [6.45, 7) is 8.03. The first-order valence-corrected chi connectivity index (χ1v) is 15.6. The van der Waals surface area contributed by atoms with Crippen LogP contribution in [-0.4, -0.2) is 38.2 Å². The third-order valence-electron chi connectivity index (χ3n) is 7.03. The molecule has 0 atom stereocenters. The minimum atomic E-state index is -0.587. The Hall–Kier alpha value is -4.59. The van der Waals surface area contributed by atoms with Gasteiger partial charge < -0.3 is 23.7 Å². The second-order valence-electron chi connectivity index (χ2n) is 10.8. The molecule has 0 radical (unpaired) electrons. The molecule has 0 spiro atoms. The van der Waals surface area contributed by atoms with Crippen LogP contribution in [0.5, 0.6) is 23.0 Å². The lowest BCUT2D eigenvalue weighted by Crippen LogP contribution is -2.11. The zero-order valence-corrected chi connectivity index (χ0v) is 26.6. The molecule has 0 heterocycles. The zero-order valence-electron chi connectivity index (χ0n) is 26.6. The maximum absolute atomic E-state index is 12.8. The molecular formula is C37H44O8. The van der Waals surface area contributed by atoms with Crippen molar-refractivity contribution in [2.75, 3.05) is 20.3 Å². The lowest BCUT2D eigenvalue weighted by atomic mass is 10.0. The van der Waals surface area contributed by atoms with Gasteiger partial charge in [0.2, 0.25) is 0 Å². The summed E-state index contributed by atoms with van der Waals surface area (Å²) in [6, 6.07) is 18.6. The number of methoxy groups -OCH3 is 1. The highest BCUT2D eigenvalue weighted by Crippen LogP contribution is 2.29. The summed E-state index contributed by atoms with van der Waals surface area (Å²) in [4.78, 5) is 36.9. The molecule has 0 fully saturated rings. The van der Waals surface area contributed by atoms with E-state index in [1.807, 2.05) is 24.3 Å². The summed E-state index contributed by atoms with van der Waals surface area (Å²) in [6.07, 6.45) is 9.84. The summed E-state index contributed by atoms with van der Waals surface area (Å²) in [7, 11) is 1.48. The van der Waals surface area contributed by atoms with Gasteiger partial charge in [0.15, 0.2) is 11.5 Å². The fourth-order valence-electron chi connectivity index (χ4n) is 4.41. The van der Waals surface area contributed by atoms with Crippen LogP contribution in [0.1, 0.15) is 91.5 Å². The Kier molecular flexibility index (Phi) is 14.7. The molecule has 45 heavy (non-hydrogen) atoms. The molecule has 0 aliphatic rings. The number of unbranched alkanes of at least 4 members (excludes halogenated alkanes) is 6. The second kappa shape index (κ2) is 18.9. The van der Waals surface area contributed by atoms with Crippen LogP contribution in [0, 0.1) is 0 Å². The van der Waals surface area contributed by atoms with Crippen molar-refractivity contribution in [1.82, 2.24) is 0 Å². The number of rotatable bonds is 19. The normalized spacial score (nSPS) is 10.6. The van der Waals surface area contributed by atoms with E-state index >= 15 is 0 Å². The Labute approximate surface area is 266 Å². The number of carbonyl (C=O) groups excluding carboxylic acids is 3. The third kappa shape index (κ3) is 12.1. The molecule has 0 unspecified atom stereocenters. The monoisotopic (exact) mass is 616 g/mol. The van der Waals surface area contributed by atoms with Gasteiger partial charge in [-0.1, -0.05) is 57.7 Å². The maximum atomic E-state index is 12.8. The maximum Gasteiger partial charge on any atom is 0.343 e. The smallest absolute Gasteiger partial charge is 0.343 e. The molecule has 0 aromatic heterocycles. The van der Waals surface area contributed by atoms with Gasteiger partial charge in [-0.15, -0.1) is 0 Å². The average Bonchev–Trinajstić information content (AvgIpc) is 3.05. The van der Waals surface area contributed by atoms with Crippen molar-refractivity contribution in [2.45, 2.75) is 71.6 Å². The second-order valence-corrected chi connectivity index (χ2v) is 10.8. The van der Waals surface area contributed by atoms with Crippen LogP contribution in [0.15, 0.2) is 78.9 Å². The van der Waals surface area contributed by atoms with Crippen LogP contribution in [0.3, 0.4) is 0 Å². The number of benzene rings is 3. The first-order chi connectivity index (χ1) is 21.8. The summed E-state index contributed by atoms with van der Waals surface area (Å²) in [5.74, 6) is 0.124. The van der Waals surface area contributed by atoms with E-state index in [2.05, 4.69) is 13.5 Å². The summed E-state index contributed by atoms with van der Waals surface area (Å²) < 4.78 is 27.2. The molecule has 3 aromatic rings.